The Hall–Kier alpha value is 0.270. The van der Waals surface area contributed by atoms with E-state index in [1.807, 2.05) is 0 Å². The smallest absolute Gasteiger partial charge is 0.176 e. The number of ketones is 1. The molecule has 0 aromatic carbocycles. The van der Waals surface area contributed by atoms with Gasteiger partial charge in [0.1, 0.15) is 0 Å². The van der Waals surface area contributed by atoms with Gasteiger partial charge in [-0.25, -0.2) is 4.31 Å². The second kappa shape index (κ2) is 2.25. The molecule has 1 rings (SSSR count). The first-order chi connectivity index (χ1) is 4.91. The predicted molar refractivity (Wildman–Crippen MR) is 34.9 cm³/mol. The lowest BCUT2D eigenvalue weighted by atomic mass is 10.4. The SMILES string of the molecule is [2H]C([2H])([2H])N1CC(=O)C(Cl)S1. The number of hydrogen-bond donors (Lipinski definition) is 0. The number of nitrogens with zero attached hydrogens (tertiary/aromatic N) is 1. The Morgan fingerprint density at radius 1 is 2.25 bits per heavy atom. The molecule has 46 valence electrons. The predicted octanol–water partition coefficient (Wildman–Crippen LogP) is 0.714. The van der Waals surface area contributed by atoms with Gasteiger partial charge in [0, 0.05) is 4.11 Å². The molecule has 0 spiro atoms. The molecule has 2 nitrogen and oxygen atoms in total. The molecule has 0 aromatic heterocycles. The van der Waals surface area contributed by atoms with Gasteiger partial charge in [0.2, 0.25) is 0 Å². The maximum absolute atomic E-state index is 10.8. The van der Waals surface area contributed by atoms with Crippen molar-refractivity contribution in [2.45, 2.75) is 4.71 Å². The van der Waals surface area contributed by atoms with Crippen LogP contribution in [-0.4, -0.2) is 28.3 Å². The molecule has 1 unspecified atom stereocenters. The molecule has 1 aliphatic rings. The van der Waals surface area contributed by atoms with Gasteiger partial charge in [0.05, 0.1) is 6.54 Å². The van der Waals surface area contributed by atoms with Crippen molar-refractivity contribution >= 4 is 29.3 Å². The fourth-order valence-corrected chi connectivity index (χ4v) is 1.40. The van der Waals surface area contributed by atoms with E-state index in [0.29, 0.717) is 0 Å². The monoisotopic (exact) mass is 154 g/mol. The maximum atomic E-state index is 10.8. The van der Waals surface area contributed by atoms with E-state index in [0.717, 1.165) is 16.3 Å². The van der Waals surface area contributed by atoms with Crippen LogP contribution in [0.5, 0.6) is 0 Å². The number of carbonyl (C=O) groups excluding carboxylic acids is 1. The van der Waals surface area contributed by atoms with Crippen LogP contribution in [0.25, 0.3) is 0 Å². The van der Waals surface area contributed by atoms with Gasteiger partial charge in [-0.1, -0.05) is 11.9 Å². The number of rotatable bonds is 0. The minimum atomic E-state index is -2.22. The Kier molecular flexibility index (Phi) is 0.968. The Morgan fingerprint density at radius 3 is 3.25 bits per heavy atom. The van der Waals surface area contributed by atoms with Gasteiger partial charge < -0.3 is 0 Å². The van der Waals surface area contributed by atoms with Gasteiger partial charge in [-0.05, 0) is 6.98 Å². The average molecular weight is 155 g/mol. The molecule has 1 atom stereocenters. The van der Waals surface area contributed by atoms with Crippen LogP contribution in [0.2, 0.25) is 0 Å². The highest BCUT2D eigenvalue weighted by atomic mass is 35.5. The van der Waals surface area contributed by atoms with E-state index in [4.69, 9.17) is 15.7 Å². The summed E-state index contributed by atoms with van der Waals surface area (Å²) in [4.78, 5) is 10.8. The van der Waals surface area contributed by atoms with Crippen molar-refractivity contribution in [3.8, 4) is 0 Å². The quantitative estimate of drug-likeness (QED) is 0.379. The molecule has 0 radical (unpaired) electrons. The minimum absolute atomic E-state index is 0.0880. The number of alkyl halides is 1. The van der Waals surface area contributed by atoms with Crippen LogP contribution in [0.1, 0.15) is 4.11 Å². The highest BCUT2D eigenvalue weighted by Crippen LogP contribution is 2.25. The summed E-state index contributed by atoms with van der Waals surface area (Å²) >= 11 is 6.35. The number of Topliss-reactive ketones (excluding diaryl/α,β-unsaturated/α-hetero) is 1. The van der Waals surface area contributed by atoms with E-state index in [-0.39, 0.29) is 12.3 Å². The molecular formula is C4H6ClNOS. The molecular weight excluding hydrogens is 146 g/mol. The van der Waals surface area contributed by atoms with Crippen LogP contribution in [0.15, 0.2) is 0 Å². The molecule has 0 N–H and O–H groups in total. The van der Waals surface area contributed by atoms with Crippen molar-refractivity contribution < 1.29 is 8.91 Å². The minimum Gasteiger partial charge on any atom is -0.296 e. The number of hydrogen-bond acceptors (Lipinski definition) is 3. The third-order valence-electron chi connectivity index (χ3n) is 0.772. The van der Waals surface area contributed by atoms with E-state index in [1.165, 1.54) is 0 Å². The maximum Gasteiger partial charge on any atom is 0.176 e. The second-order valence-electron chi connectivity index (χ2n) is 1.42. The normalized spacial score (nSPS) is 38.9. The lowest BCUT2D eigenvalue weighted by molar-refractivity contribution is -0.116. The molecule has 1 heterocycles. The Labute approximate surface area is 61.5 Å². The average Bonchev–Trinajstić information content (AvgIpc) is 2.11. The van der Waals surface area contributed by atoms with Gasteiger partial charge >= 0.3 is 0 Å². The summed E-state index contributed by atoms with van der Waals surface area (Å²) in [7, 11) is 0. The largest absolute Gasteiger partial charge is 0.296 e. The number of likely N-dealkylation sites (N-methyl/N-ethyl adjacent to an activating group) is 1. The van der Waals surface area contributed by atoms with Crippen molar-refractivity contribution in [1.29, 1.82) is 0 Å². The van der Waals surface area contributed by atoms with Crippen LogP contribution in [0.3, 0.4) is 0 Å². The topological polar surface area (TPSA) is 20.3 Å². The summed E-state index contributed by atoms with van der Waals surface area (Å²) < 4.78 is 21.1. The summed E-state index contributed by atoms with van der Waals surface area (Å²) in [6.07, 6.45) is 0. The summed E-state index contributed by atoms with van der Waals surface area (Å²) in [5.41, 5.74) is 0. The van der Waals surface area contributed by atoms with E-state index < -0.39 is 11.7 Å². The summed E-state index contributed by atoms with van der Waals surface area (Å²) in [6, 6.07) is 0. The van der Waals surface area contributed by atoms with Crippen molar-refractivity contribution in [3.63, 3.8) is 0 Å². The fraction of sp³-hybridized carbons (Fsp3) is 0.750. The standard InChI is InChI=1S/C4H6ClNOS/c1-6-2-3(7)4(5)8-6/h4H,2H2,1H3/i1D3. The molecule has 1 aliphatic heterocycles. The van der Waals surface area contributed by atoms with Crippen LogP contribution in [0.4, 0.5) is 0 Å². The summed E-state index contributed by atoms with van der Waals surface area (Å²) in [6.45, 7) is -2.31. The third kappa shape index (κ3) is 1.16. The Bertz CT molecular complexity index is 185. The lowest BCUT2D eigenvalue weighted by Gasteiger charge is -1.99. The van der Waals surface area contributed by atoms with Crippen LogP contribution in [0, 0.1) is 0 Å². The zero-order valence-electron chi connectivity index (χ0n) is 6.93. The highest BCUT2D eigenvalue weighted by molar-refractivity contribution is 8.00. The van der Waals surface area contributed by atoms with Gasteiger partial charge in [-0.15, -0.1) is 11.6 Å². The van der Waals surface area contributed by atoms with E-state index in [1.54, 1.807) is 0 Å². The van der Waals surface area contributed by atoms with Gasteiger partial charge in [0.15, 0.2) is 10.5 Å². The first kappa shape index (κ1) is 3.44. The number of carbonyl (C=O) groups is 1. The van der Waals surface area contributed by atoms with E-state index in [2.05, 4.69) is 0 Å². The van der Waals surface area contributed by atoms with Crippen LogP contribution in [-0.2, 0) is 4.79 Å². The molecule has 0 aromatic rings. The van der Waals surface area contributed by atoms with Crippen molar-refractivity contribution in [2.75, 3.05) is 13.5 Å². The molecule has 0 saturated carbocycles. The summed E-state index contributed by atoms with van der Waals surface area (Å²) in [5.74, 6) is -0.243. The molecule has 1 fully saturated rings. The Morgan fingerprint density at radius 2 is 3.00 bits per heavy atom. The Balaban J connectivity index is 2.61. The zero-order chi connectivity index (χ0) is 8.65. The molecule has 4 heteroatoms. The second-order valence-corrected chi connectivity index (χ2v) is 3.24. The first-order valence-corrected chi connectivity index (χ1v) is 3.30. The fourth-order valence-electron chi connectivity index (χ4n) is 0.421. The van der Waals surface area contributed by atoms with Gasteiger partial charge in [0.25, 0.3) is 0 Å². The molecule has 0 aliphatic carbocycles. The molecule has 0 amide bonds. The van der Waals surface area contributed by atoms with E-state index in [9.17, 15) is 4.79 Å². The zero-order valence-corrected chi connectivity index (χ0v) is 5.50. The van der Waals surface area contributed by atoms with Crippen molar-refractivity contribution in [2.24, 2.45) is 0 Å². The van der Waals surface area contributed by atoms with Crippen LogP contribution >= 0.6 is 23.5 Å². The highest BCUT2D eigenvalue weighted by Gasteiger charge is 2.26. The molecule has 0 bridgehead atoms. The van der Waals surface area contributed by atoms with Crippen molar-refractivity contribution in [3.05, 3.63) is 0 Å². The third-order valence-corrected chi connectivity index (χ3v) is 2.09. The molecule has 8 heavy (non-hydrogen) atoms. The van der Waals surface area contributed by atoms with Gasteiger partial charge in [-0.2, -0.15) is 0 Å². The lowest BCUT2D eigenvalue weighted by Crippen LogP contribution is -2.10. The van der Waals surface area contributed by atoms with Crippen LogP contribution < -0.4 is 0 Å². The summed E-state index contributed by atoms with van der Waals surface area (Å²) in [5, 5.41) is 0. The first-order valence-electron chi connectivity index (χ1n) is 3.52. The van der Waals surface area contributed by atoms with E-state index >= 15 is 0 Å². The number of halogens is 1. The van der Waals surface area contributed by atoms with Crippen molar-refractivity contribution in [1.82, 2.24) is 4.31 Å². The van der Waals surface area contributed by atoms with Gasteiger partial charge in [-0.3, -0.25) is 4.79 Å². The molecule has 1 saturated heterocycles.